The molecule has 5 rings (SSSR count). The molecule has 1 saturated heterocycles. The van der Waals surface area contributed by atoms with E-state index < -0.39 is 24.7 Å². The van der Waals surface area contributed by atoms with E-state index in [1.54, 1.807) is 0 Å². The largest absolute Gasteiger partial charge is 0.389 e. The Morgan fingerprint density at radius 1 is 0.531 bits per heavy atom. The fraction of sp³-hybridized carbons (Fsp3) is 0.0357. The van der Waals surface area contributed by atoms with Crippen molar-refractivity contribution in [2.24, 2.45) is 0 Å². The van der Waals surface area contributed by atoms with Gasteiger partial charge in [0.2, 0.25) is 0 Å². The van der Waals surface area contributed by atoms with Gasteiger partial charge in [-0.1, -0.05) is 121 Å². The number of benzene rings is 4. The number of carbonyl (C=O) groups excluding carboxylic acids is 2. The second-order valence-electron chi connectivity index (χ2n) is 7.61. The molecule has 1 aliphatic heterocycles. The van der Waals surface area contributed by atoms with Crippen LogP contribution < -0.4 is 15.9 Å². The molecule has 1 aliphatic rings. The molecule has 1 atom stereocenters. The first kappa shape index (κ1) is 20.2. The highest BCUT2D eigenvalue weighted by Crippen LogP contribution is 2.51. The second kappa shape index (κ2) is 8.45. The van der Waals surface area contributed by atoms with Crippen LogP contribution in [0.3, 0.4) is 0 Å². The topological polar surface area (TPSA) is 43.4 Å². The maximum Gasteiger partial charge on any atom is 0.344 e. The number of ether oxygens (including phenoxy) is 1. The van der Waals surface area contributed by atoms with E-state index in [1.165, 1.54) is 0 Å². The lowest BCUT2D eigenvalue weighted by Crippen LogP contribution is -2.34. The van der Waals surface area contributed by atoms with Gasteiger partial charge in [-0.05, 0) is 28.4 Å². The number of hydrogen-bond donors (Lipinski definition) is 0. The fourth-order valence-electron chi connectivity index (χ4n) is 4.52. The van der Waals surface area contributed by atoms with Crippen molar-refractivity contribution in [3.63, 3.8) is 0 Å². The molecule has 3 nitrogen and oxygen atoms in total. The summed E-state index contributed by atoms with van der Waals surface area (Å²) < 4.78 is 5.32. The Morgan fingerprint density at radius 3 is 1.31 bits per heavy atom. The zero-order valence-corrected chi connectivity index (χ0v) is 18.2. The molecule has 4 heteroatoms. The van der Waals surface area contributed by atoms with Gasteiger partial charge in [0.1, 0.15) is 5.92 Å². The van der Waals surface area contributed by atoms with Gasteiger partial charge >= 0.3 is 11.9 Å². The van der Waals surface area contributed by atoms with Crippen LogP contribution in [0.15, 0.2) is 121 Å². The van der Waals surface area contributed by atoms with E-state index in [0.29, 0.717) is 5.29 Å². The summed E-state index contributed by atoms with van der Waals surface area (Å²) in [6.07, 6.45) is 0. The summed E-state index contributed by atoms with van der Waals surface area (Å²) in [6, 6.07) is 39.6. The van der Waals surface area contributed by atoms with Crippen LogP contribution in [-0.2, 0) is 14.3 Å². The highest BCUT2D eigenvalue weighted by molar-refractivity contribution is 7.96. The minimum absolute atomic E-state index is 0.511. The van der Waals surface area contributed by atoms with Crippen molar-refractivity contribution >= 4 is 40.0 Å². The first-order valence-corrected chi connectivity index (χ1v) is 12.3. The molecule has 156 valence electrons. The summed E-state index contributed by atoms with van der Waals surface area (Å²) in [5.41, 5.74) is 0.769. The molecule has 0 bridgehead atoms. The zero-order chi connectivity index (χ0) is 22.0. The molecule has 0 spiro atoms. The quantitative estimate of drug-likeness (QED) is 0.276. The minimum atomic E-state index is -2.69. The van der Waals surface area contributed by atoms with E-state index in [4.69, 9.17) is 4.74 Å². The number of carbonyl (C=O) groups is 2. The second-order valence-corrected chi connectivity index (χ2v) is 11.0. The van der Waals surface area contributed by atoms with Gasteiger partial charge in [-0.15, -0.1) is 0 Å². The minimum Gasteiger partial charge on any atom is -0.389 e. The number of rotatable bonds is 4. The zero-order valence-electron chi connectivity index (χ0n) is 17.3. The van der Waals surface area contributed by atoms with Gasteiger partial charge < -0.3 is 4.74 Å². The third kappa shape index (κ3) is 3.23. The van der Waals surface area contributed by atoms with Gasteiger partial charge in [0, 0.05) is 0 Å². The number of hydrogen-bond acceptors (Lipinski definition) is 3. The SMILES string of the molecule is O=C1OC(=O)C(c2ccccc2)C1=P(c1ccccc1)(c1ccccc1)c1ccccc1. The molecule has 0 aromatic heterocycles. The first-order valence-electron chi connectivity index (χ1n) is 10.5. The van der Waals surface area contributed by atoms with Crippen LogP contribution in [0.5, 0.6) is 0 Å². The molecular formula is C28H21O3P. The van der Waals surface area contributed by atoms with Crippen LogP contribution >= 0.6 is 6.89 Å². The summed E-state index contributed by atoms with van der Waals surface area (Å²) in [5.74, 6) is -1.80. The van der Waals surface area contributed by atoms with E-state index in [2.05, 4.69) is 36.4 Å². The molecule has 1 fully saturated rings. The number of cyclic esters (lactones) is 2. The van der Waals surface area contributed by atoms with Crippen molar-refractivity contribution in [2.45, 2.75) is 5.92 Å². The maximum atomic E-state index is 13.5. The number of esters is 2. The van der Waals surface area contributed by atoms with Crippen LogP contribution in [0.1, 0.15) is 11.5 Å². The molecule has 0 amide bonds. The summed E-state index contributed by atoms with van der Waals surface area (Å²) >= 11 is 0. The Balaban J connectivity index is 2.02. The van der Waals surface area contributed by atoms with Gasteiger partial charge in [0.25, 0.3) is 0 Å². The van der Waals surface area contributed by atoms with E-state index in [1.807, 2.05) is 84.9 Å². The Hall–Kier alpha value is -3.68. The van der Waals surface area contributed by atoms with Crippen molar-refractivity contribution in [3.05, 3.63) is 127 Å². The predicted molar refractivity (Wildman–Crippen MR) is 130 cm³/mol. The van der Waals surface area contributed by atoms with Crippen LogP contribution in [0, 0.1) is 0 Å². The normalized spacial score (nSPS) is 16.1. The molecule has 32 heavy (non-hydrogen) atoms. The predicted octanol–water partition coefficient (Wildman–Crippen LogP) is 4.02. The van der Waals surface area contributed by atoms with Gasteiger partial charge in [-0.2, -0.15) is 0 Å². The molecule has 0 radical (unpaired) electrons. The smallest absolute Gasteiger partial charge is 0.344 e. The summed E-state index contributed by atoms with van der Waals surface area (Å²) in [7, 11) is 0. The summed E-state index contributed by atoms with van der Waals surface area (Å²) in [5, 5.41) is 3.57. The van der Waals surface area contributed by atoms with E-state index in [9.17, 15) is 9.59 Å². The lowest BCUT2D eigenvalue weighted by atomic mass is 9.98. The molecule has 4 aromatic carbocycles. The van der Waals surface area contributed by atoms with Crippen LogP contribution in [0.2, 0.25) is 0 Å². The molecule has 0 N–H and O–H groups in total. The summed E-state index contributed by atoms with van der Waals surface area (Å²) in [6.45, 7) is -2.69. The lowest BCUT2D eigenvalue weighted by molar-refractivity contribution is -0.151. The monoisotopic (exact) mass is 436 g/mol. The van der Waals surface area contributed by atoms with Gasteiger partial charge in [-0.3, -0.25) is 4.79 Å². The molecule has 1 heterocycles. The molecular weight excluding hydrogens is 415 g/mol. The highest BCUT2D eigenvalue weighted by atomic mass is 31.2. The molecule has 4 aromatic rings. The standard InChI is InChI=1S/C28H21O3P/c29-27-25(21-13-5-1-6-14-21)26(28(30)31-27)32(22-15-7-2-8-16-22,23-17-9-3-10-18-23)24-19-11-4-12-20-24/h1-20,25H. The third-order valence-electron chi connectivity index (χ3n) is 5.84. The van der Waals surface area contributed by atoms with Crippen LogP contribution in [-0.4, -0.2) is 17.2 Å². The average Bonchev–Trinajstić information content (AvgIpc) is 3.16. The van der Waals surface area contributed by atoms with Gasteiger partial charge in [0.15, 0.2) is 0 Å². The van der Waals surface area contributed by atoms with E-state index in [0.717, 1.165) is 21.5 Å². The summed E-state index contributed by atoms with van der Waals surface area (Å²) in [4.78, 5) is 26.6. The first-order chi connectivity index (χ1) is 15.7. The van der Waals surface area contributed by atoms with Crippen molar-refractivity contribution in [1.29, 1.82) is 0 Å². The van der Waals surface area contributed by atoms with E-state index >= 15 is 0 Å². The molecule has 0 saturated carbocycles. The van der Waals surface area contributed by atoms with Crippen molar-refractivity contribution < 1.29 is 14.3 Å². The Morgan fingerprint density at radius 2 is 0.906 bits per heavy atom. The van der Waals surface area contributed by atoms with Crippen molar-refractivity contribution in [2.75, 3.05) is 0 Å². The lowest BCUT2D eigenvalue weighted by Gasteiger charge is -2.31. The average molecular weight is 436 g/mol. The van der Waals surface area contributed by atoms with Crippen molar-refractivity contribution in [1.82, 2.24) is 0 Å². The van der Waals surface area contributed by atoms with E-state index in [-0.39, 0.29) is 0 Å². The van der Waals surface area contributed by atoms with Gasteiger partial charge in [0.05, 0.1) is 5.29 Å². The molecule has 0 aliphatic carbocycles. The maximum absolute atomic E-state index is 13.5. The highest BCUT2D eigenvalue weighted by Gasteiger charge is 2.47. The Labute approximate surface area is 187 Å². The van der Waals surface area contributed by atoms with Crippen molar-refractivity contribution in [3.8, 4) is 0 Å². The Bertz CT molecular complexity index is 1210. The fourth-order valence-corrected chi connectivity index (χ4v) is 9.07. The van der Waals surface area contributed by atoms with Crippen LogP contribution in [0.25, 0.3) is 0 Å². The Kier molecular flexibility index (Phi) is 5.34. The third-order valence-corrected chi connectivity index (χ3v) is 10.2. The van der Waals surface area contributed by atoms with Gasteiger partial charge in [-0.25, -0.2) is 4.79 Å². The molecule has 1 unspecified atom stereocenters. The van der Waals surface area contributed by atoms with Crippen LogP contribution in [0.4, 0.5) is 0 Å².